The maximum Gasteiger partial charge on any atom is 0.0449 e. The lowest BCUT2D eigenvalue weighted by molar-refractivity contribution is 0.733. The monoisotopic (exact) mass is 263 g/mol. The number of benzene rings is 2. The number of hydrogen-bond donors (Lipinski definition) is 0. The first-order chi connectivity index (χ1) is 9.90. The van der Waals surface area contributed by atoms with Crippen LogP contribution >= 0.6 is 0 Å². The van der Waals surface area contributed by atoms with Crippen LogP contribution in [0, 0.1) is 0 Å². The summed E-state index contributed by atoms with van der Waals surface area (Å²) in [6, 6.07) is 17.6. The summed E-state index contributed by atoms with van der Waals surface area (Å²) in [6.07, 6.45) is 6.76. The molecule has 0 radical (unpaired) electrons. The molecule has 1 heterocycles. The molecule has 1 aliphatic rings. The Kier molecular flexibility index (Phi) is 3.87. The molecular formula is C19H21N. The summed E-state index contributed by atoms with van der Waals surface area (Å²) >= 11 is 0. The van der Waals surface area contributed by atoms with E-state index in [-0.39, 0.29) is 0 Å². The third kappa shape index (κ3) is 2.49. The lowest BCUT2D eigenvalue weighted by Crippen LogP contribution is -2.27. The number of fused-ring (bicyclic) bond motifs is 3. The highest BCUT2D eigenvalue weighted by molar-refractivity contribution is 5.83. The van der Waals surface area contributed by atoms with Gasteiger partial charge in [0.05, 0.1) is 0 Å². The molecule has 0 fully saturated rings. The van der Waals surface area contributed by atoms with Gasteiger partial charge in [0.25, 0.3) is 0 Å². The van der Waals surface area contributed by atoms with Gasteiger partial charge in [-0.3, -0.25) is 0 Å². The second-order valence-corrected chi connectivity index (χ2v) is 5.31. The number of rotatable bonds is 4. The van der Waals surface area contributed by atoms with Crippen molar-refractivity contribution in [2.45, 2.75) is 26.3 Å². The van der Waals surface area contributed by atoms with Gasteiger partial charge in [-0.25, -0.2) is 0 Å². The lowest BCUT2D eigenvalue weighted by atomic mass is 9.93. The smallest absolute Gasteiger partial charge is 0.0449 e. The predicted octanol–water partition coefficient (Wildman–Crippen LogP) is 5.03. The normalized spacial score (nSPS) is 13.3. The largest absolute Gasteiger partial charge is 0.367 e. The van der Waals surface area contributed by atoms with Crippen LogP contribution in [-0.2, 0) is 6.54 Å². The van der Waals surface area contributed by atoms with Gasteiger partial charge in [-0.1, -0.05) is 54.6 Å². The van der Waals surface area contributed by atoms with Crippen molar-refractivity contribution in [3.05, 3.63) is 66.2 Å². The van der Waals surface area contributed by atoms with Crippen LogP contribution in [0.5, 0.6) is 0 Å². The fourth-order valence-corrected chi connectivity index (χ4v) is 2.96. The Bertz CT molecular complexity index is 613. The van der Waals surface area contributed by atoms with Crippen molar-refractivity contribution in [3.63, 3.8) is 0 Å². The summed E-state index contributed by atoms with van der Waals surface area (Å²) in [5.74, 6) is 0. The second-order valence-electron chi connectivity index (χ2n) is 5.31. The molecule has 0 bridgehead atoms. The van der Waals surface area contributed by atoms with Gasteiger partial charge in [0, 0.05) is 24.3 Å². The van der Waals surface area contributed by atoms with Crippen molar-refractivity contribution in [3.8, 4) is 11.1 Å². The second kappa shape index (κ2) is 5.96. The van der Waals surface area contributed by atoms with Crippen LogP contribution in [0.15, 0.2) is 60.7 Å². The van der Waals surface area contributed by atoms with E-state index in [0.717, 1.165) is 19.5 Å². The average Bonchev–Trinajstić information content (AvgIpc) is 2.51. The van der Waals surface area contributed by atoms with Gasteiger partial charge in [0.1, 0.15) is 0 Å². The molecule has 0 aliphatic carbocycles. The van der Waals surface area contributed by atoms with E-state index in [2.05, 4.69) is 72.5 Å². The van der Waals surface area contributed by atoms with Crippen LogP contribution in [0.2, 0.25) is 0 Å². The maximum absolute atomic E-state index is 2.52. The molecule has 3 rings (SSSR count). The molecule has 1 aliphatic heterocycles. The highest BCUT2D eigenvalue weighted by atomic mass is 15.1. The molecule has 1 heteroatoms. The maximum atomic E-state index is 2.52. The molecule has 2 aromatic carbocycles. The minimum absolute atomic E-state index is 1.03. The van der Waals surface area contributed by atoms with E-state index in [1.807, 2.05) is 0 Å². The van der Waals surface area contributed by atoms with Crippen molar-refractivity contribution < 1.29 is 0 Å². The quantitative estimate of drug-likeness (QED) is 0.552. The van der Waals surface area contributed by atoms with Gasteiger partial charge in [-0.15, -0.1) is 0 Å². The summed E-state index contributed by atoms with van der Waals surface area (Å²) in [4.78, 5) is 2.52. The van der Waals surface area contributed by atoms with E-state index in [0.29, 0.717) is 0 Å². The summed E-state index contributed by atoms with van der Waals surface area (Å²) in [7, 11) is 0. The Labute approximate surface area is 121 Å². The van der Waals surface area contributed by atoms with Crippen molar-refractivity contribution in [1.29, 1.82) is 0 Å². The third-order valence-corrected chi connectivity index (χ3v) is 3.95. The van der Waals surface area contributed by atoms with Crippen molar-refractivity contribution in [2.75, 3.05) is 11.4 Å². The van der Waals surface area contributed by atoms with Gasteiger partial charge in [-0.2, -0.15) is 0 Å². The van der Waals surface area contributed by atoms with Gasteiger partial charge in [0.2, 0.25) is 0 Å². The van der Waals surface area contributed by atoms with Gasteiger partial charge < -0.3 is 4.90 Å². The molecule has 0 aromatic heterocycles. The Hall–Kier alpha value is -2.02. The Morgan fingerprint density at radius 3 is 2.60 bits per heavy atom. The molecule has 1 nitrogen and oxygen atoms in total. The molecule has 0 N–H and O–H groups in total. The number of hydrogen-bond acceptors (Lipinski definition) is 1. The van der Waals surface area contributed by atoms with Crippen molar-refractivity contribution >= 4 is 5.69 Å². The molecule has 0 amide bonds. The predicted molar refractivity (Wildman–Crippen MR) is 87.0 cm³/mol. The standard InChI is InChI=1S/C19H21N/c1-2-3-4-9-14-20-15-16-10-5-6-11-17(16)18-12-7-8-13-19(18)20/h2-3,5-8,10-13H,4,9,14-15H2,1H3/b3-2+. The highest BCUT2D eigenvalue weighted by Crippen LogP contribution is 2.38. The third-order valence-electron chi connectivity index (χ3n) is 3.95. The highest BCUT2D eigenvalue weighted by Gasteiger charge is 2.20. The van der Waals surface area contributed by atoms with Crippen LogP contribution in [0.4, 0.5) is 5.69 Å². The van der Waals surface area contributed by atoms with E-state index in [1.165, 1.54) is 28.8 Å². The minimum atomic E-state index is 1.03. The lowest BCUT2D eigenvalue weighted by Gasteiger charge is -2.32. The summed E-state index contributed by atoms with van der Waals surface area (Å²) in [5.41, 5.74) is 5.59. The van der Waals surface area contributed by atoms with Crippen LogP contribution < -0.4 is 4.90 Å². The first-order valence-corrected chi connectivity index (χ1v) is 7.43. The fourth-order valence-electron chi connectivity index (χ4n) is 2.96. The number of anilines is 1. The van der Waals surface area contributed by atoms with Gasteiger partial charge in [-0.05, 0) is 37.0 Å². The van der Waals surface area contributed by atoms with E-state index in [1.54, 1.807) is 0 Å². The number of allylic oxidation sites excluding steroid dienone is 2. The number of nitrogens with zero attached hydrogens (tertiary/aromatic N) is 1. The zero-order valence-electron chi connectivity index (χ0n) is 12.0. The summed E-state index contributed by atoms with van der Waals surface area (Å²) in [6.45, 7) is 4.24. The van der Waals surface area contributed by atoms with Crippen LogP contribution in [0.25, 0.3) is 11.1 Å². The first kappa shape index (κ1) is 13.0. The van der Waals surface area contributed by atoms with Crippen LogP contribution in [0.3, 0.4) is 0 Å². The number of unbranched alkanes of at least 4 members (excludes halogenated alkanes) is 1. The average molecular weight is 263 g/mol. The van der Waals surface area contributed by atoms with Crippen molar-refractivity contribution in [1.82, 2.24) is 0 Å². The van der Waals surface area contributed by atoms with Crippen LogP contribution in [0.1, 0.15) is 25.3 Å². The Balaban J connectivity index is 1.88. The summed E-state index contributed by atoms with van der Waals surface area (Å²) < 4.78 is 0. The molecule has 0 saturated heterocycles. The topological polar surface area (TPSA) is 3.24 Å². The van der Waals surface area contributed by atoms with E-state index in [9.17, 15) is 0 Å². The first-order valence-electron chi connectivity index (χ1n) is 7.43. The zero-order chi connectivity index (χ0) is 13.8. The van der Waals surface area contributed by atoms with Crippen molar-refractivity contribution in [2.24, 2.45) is 0 Å². The number of para-hydroxylation sites is 1. The van der Waals surface area contributed by atoms with Gasteiger partial charge in [0.15, 0.2) is 0 Å². The molecule has 0 saturated carbocycles. The van der Waals surface area contributed by atoms with E-state index >= 15 is 0 Å². The van der Waals surface area contributed by atoms with E-state index in [4.69, 9.17) is 0 Å². The Morgan fingerprint density at radius 2 is 1.75 bits per heavy atom. The molecule has 0 atom stereocenters. The molecular weight excluding hydrogens is 242 g/mol. The van der Waals surface area contributed by atoms with Gasteiger partial charge >= 0.3 is 0 Å². The summed E-state index contributed by atoms with van der Waals surface area (Å²) in [5, 5.41) is 0. The van der Waals surface area contributed by atoms with E-state index < -0.39 is 0 Å². The molecule has 0 unspecified atom stereocenters. The SMILES string of the molecule is C/C=C/CCCN1Cc2ccccc2-c2ccccc21. The minimum Gasteiger partial charge on any atom is -0.367 e. The van der Waals surface area contributed by atoms with Crippen LogP contribution in [-0.4, -0.2) is 6.54 Å². The molecule has 20 heavy (non-hydrogen) atoms. The molecule has 102 valence electrons. The molecule has 2 aromatic rings. The Morgan fingerprint density at radius 1 is 1.00 bits per heavy atom. The fraction of sp³-hybridized carbons (Fsp3) is 0.263. The molecule has 0 spiro atoms. The zero-order valence-corrected chi connectivity index (χ0v) is 12.0.